The summed E-state index contributed by atoms with van der Waals surface area (Å²) in [4.78, 5) is 45.6. The second-order valence-corrected chi connectivity index (χ2v) is 10.6. The van der Waals surface area contributed by atoms with Gasteiger partial charge < -0.3 is 20.2 Å². The van der Waals surface area contributed by atoms with E-state index in [1.807, 2.05) is 44.4 Å². The maximum absolute atomic E-state index is 13.2. The van der Waals surface area contributed by atoms with Crippen molar-refractivity contribution < 1.29 is 19.5 Å². The molecule has 1 aliphatic rings. The quantitative estimate of drug-likeness (QED) is 0.237. The number of hydrogen-bond donors (Lipinski definition) is 2. The molecule has 3 aromatic carbocycles. The lowest BCUT2D eigenvalue weighted by Crippen LogP contribution is -2.26. The highest BCUT2D eigenvalue weighted by atomic mass is 35.5. The number of halogens is 1. The first kappa shape index (κ1) is 29.0. The highest BCUT2D eigenvalue weighted by Crippen LogP contribution is 2.38. The van der Waals surface area contributed by atoms with Crippen molar-refractivity contribution in [3.8, 4) is 0 Å². The van der Waals surface area contributed by atoms with E-state index in [1.165, 1.54) is 0 Å². The summed E-state index contributed by atoms with van der Waals surface area (Å²) in [6.07, 6.45) is 2.17. The summed E-state index contributed by atoms with van der Waals surface area (Å²) < 4.78 is 0. The molecule has 8 nitrogen and oxygen atoms in total. The monoisotopic (exact) mass is 560 g/mol. The Balaban J connectivity index is 1.62. The van der Waals surface area contributed by atoms with Gasteiger partial charge in [-0.25, -0.2) is 0 Å². The third-order valence-electron chi connectivity index (χ3n) is 6.83. The molecule has 2 N–H and O–H groups in total. The van der Waals surface area contributed by atoms with E-state index in [9.17, 15) is 14.4 Å². The molecular weight excluding hydrogens is 528 g/mol. The Morgan fingerprint density at radius 2 is 1.68 bits per heavy atom. The first-order valence-corrected chi connectivity index (χ1v) is 13.5. The first-order chi connectivity index (χ1) is 19.1. The van der Waals surface area contributed by atoms with Crippen molar-refractivity contribution in [3.05, 3.63) is 88.4 Å². The number of carboxylic acids is 1. The molecule has 4 rings (SSSR count). The molecule has 1 atom stereocenters. The van der Waals surface area contributed by atoms with Crippen molar-refractivity contribution >= 4 is 52.2 Å². The van der Waals surface area contributed by atoms with Crippen LogP contribution in [0.25, 0.3) is 0 Å². The molecule has 208 valence electrons. The molecule has 0 bridgehead atoms. The van der Waals surface area contributed by atoms with Gasteiger partial charge in [0.15, 0.2) is 0 Å². The van der Waals surface area contributed by atoms with Gasteiger partial charge in [-0.05, 0) is 86.6 Å². The lowest BCUT2D eigenvalue weighted by Gasteiger charge is -2.18. The van der Waals surface area contributed by atoms with E-state index in [1.54, 1.807) is 48.3 Å². The number of aliphatic imine (C=N–C) groups is 1. The summed E-state index contributed by atoms with van der Waals surface area (Å²) in [7, 11) is 5.80. The number of unbranched alkanes of at least 4 members (excludes halogenated alkanes) is 1. The smallest absolute Gasteiger partial charge is 0.307 e. The predicted molar refractivity (Wildman–Crippen MR) is 159 cm³/mol. The second kappa shape index (κ2) is 12.9. The van der Waals surface area contributed by atoms with E-state index in [0.29, 0.717) is 39.7 Å². The highest BCUT2D eigenvalue weighted by molar-refractivity contribution is 6.31. The average molecular weight is 561 g/mol. The van der Waals surface area contributed by atoms with Crippen LogP contribution in [0.4, 0.5) is 17.1 Å². The van der Waals surface area contributed by atoms with Crippen molar-refractivity contribution in [2.45, 2.75) is 31.6 Å². The van der Waals surface area contributed by atoms with Crippen molar-refractivity contribution in [1.29, 1.82) is 0 Å². The number of carbonyl (C=O) groups excluding carboxylic acids is 2. The fourth-order valence-corrected chi connectivity index (χ4v) is 4.85. The summed E-state index contributed by atoms with van der Waals surface area (Å²) in [6.45, 7) is 0.949. The molecule has 0 fully saturated rings. The third-order valence-corrected chi connectivity index (χ3v) is 7.07. The van der Waals surface area contributed by atoms with E-state index >= 15 is 0 Å². The molecule has 0 aromatic heterocycles. The number of benzene rings is 3. The van der Waals surface area contributed by atoms with Crippen LogP contribution >= 0.6 is 11.6 Å². The van der Waals surface area contributed by atoms with Crippen LogP contribution in [0.1, 0.15) is 41.9 Å². The lowest BCUT2D eigenvalue weighted by atomic mass is 9.90. The molecule has 2 amide bonds. The van der Waals surface area contributed by atoms with E-state index in [4.69, 9.17) is 21.7 Å². The van der Waals surface area contributed by atoms with Gasteiger partial charge in [0.25, 0.3) is 0 Å². The first-order valence-electron chi connectivity index (χ1n) is 13.1. The number of hydrogen-bond acceptors (Lipinski definition) is 5. The number of nitrogens with zero attached hydrogens (tertiary/aromatic N) is 3. The number of anilines is 2. The molecule has 0 radical (unpaired) electrons. The van der Waals surface area contributed by atoms with Crippen LogP contribution in [0.2, 0.25) is 5.02 Å². The largest absolute Gasteiger partial charge is 0.481 e. The maximum atomic E-state index is 13.2. The third kappa shape index (κ3) is 7.14. The molecule has 0 spiro atoms. The van der Waals surface area contributed by atoms with Crippen LogP contribution in [0, 0.1) is 0 Å². The predicted octanol–water partition coefficient (Wildman–Crippen LogP) is 5.52. The zero-order valence-electron chi connectivity index (χ0n) is 22.9. The van der Waals surface area contributed by atoms with E-state index in [-0.39, 0.29) is 18.2 Å². The fraction of sp³-hybridized carbons (Fsp3) is 0.290. The van der Waals surface area contributed by atoms with Crippen LogP contribution < -0.4 is 10.2 Å². The number of rotatable bonds is 11. The van der Waals surface area contributed by atoms with Crippen LogP contribution in [-0.2, 0) is 20.8 Å². The topological polar surface area (TPSA) is 102 Å². The van der Waals surface area contributed by atoms with Gasteiger partial charge in [0.05, 0.1) is 17.8 Å². The van der Waals surface area contributed by atoms with Gasteiger partial charge in [-0.3, -0.25) is 19.4 Å². The summed E-state index contributed by atoms with van der Waals surface area (Å²) >= 11 is 6.16. The number of carboxylic acid groups (broad SMARTS) is 1. The molecule has 0 aliphatic carbocycles. The molecule has 0 saturated heterocycles. The van der Waals surface area contributed by atoms with Gasteiger partial charge in [-0.1, -0.05) is 41.9 Å². The van der Waals surface area contributed by atoms with E-state index < -0.39 is 11.9 Å². The number of nitrogens with one attached hydrogen (secondary N) is 1. The number of amides is 2. The molecule has 1 heterocycles. The summed E-state index contributed by atoms with van der Waals surface area (Å²) in [5.41, 5.74) is 4.66. The van der Waals surface area contributed by atoms with Crippen LogP contribution in [0.5, 0.6) is 0 Å². The Labute approximate surface area is 239 Å². The Bertz CT molecular complexity index is 1420. The van der Waals surface area contributed by atoms with Gasteiger partial charge in [0.1, 0.15) is 5.92 Å². The number of fused-ring (bicyclic) bond motifs is 1. The minimum atomic E-state index is -0.917. The minimum absolute atomic E-state index is 0.0510. The van der Waals surface area contributed by atoms with Crippen molar-refractivity contribution in [3.63, 3.8) is 0 Å². The lowest BCUT2D eigenvalue weighted by molar-refractivity contribution is -0.136. The number of carbonyl (C=O) groups is 3. The number of aliphatic carboxylic acids is 1. The molecular formula is C31H33ClN4O4. The SMILES string of the molecule is CN(C)CCCCC(=O)N(C)c1ccc(N=C(c2ccc(CC(=O)O)cc2)C2C(=O)Nc3cc(Cl)ccc32)cc1. The Hall–Kier alpha value is -4.01. The van der Waals surface area contributed by atoms with Crippen LogP contribution in [0.15, 0.2) is 71.7 Å². The second-order valence-electron chi connectivity index (χ2n) is 10.1. The highest BCUT2D eigenvalue weighted by Gasteiger charge is 2.35. The molecule has 0 saturated carbocycles. The van der Waals surface area contributed by atoms with Crippen molar-refractivity contribution in [2.75, 3.05) is 37.9 Å². The van der Waals surface area contributed by atoms with Gasteiger partial charge in [0.2, 0.25) is 11.8 Å². The van der Waals surface area contributed by atoms with Crippen molar-refractivity contribution in [2.24, 2.45) is 4.99 Å². The molecule has 9 heteroatoms. The van der Waals surface area contributed by atoms with E-state index in [0.717, 1.165) is 30.6 Å². The molecule has 1 aliphatic heterocycles. The minimum Gasteiger partial charge on any atom is -0.481 e. The molecule has 3 aromatic rings. The zero-order valence-corrected chi connectivity index (χ0v) is 23.6. The van der Waals surface area contributed by atoms with Gasteiger partial charge in [-0.15, -0.1) is 0 Å². The van der Waals surface area contributed by atoms with E-state index in [2.05, 4.69) is 10.2 Å². The van der Waals surface area contributed by atoms with Gasteiger partial charge >= 0.3 is 5.97 Å². The maximum Gasteiger partial charge on any atom is 0.307 e. The van der Waals surface area contributed by atoms with Gasteiger partial charge in [-0.2, -0.15) is 0 Å². The van der Waals surface area contributed by atoms with Crippen LogP contribution in [0.3, 0.4) is 0 Å². The zero-order chi connectivity index (χ0) is 28.8. The average Bonchev–Trinajstić information content (AvgIpc) is 3.24. The molecule has 40 heavy (non-hydrogen) atoms. The molecule has 1 unspecified atom stereocenters. The summed E-state index contributed by atoms with van der Waals surface area (Å²) in [5, 5.41) is 12.5. The Morgan fingerprint density at radius 1 is 0.975 bits per heavy atom. The fourth-order valence-electron chi connectivity index (χ4n) is 4.68. The summed E-state index contributed by atoms with van der Waals surface area (Å²) in [6, 6.07) is 19.6. The Kier molecular flexibility index (Phi) is 9.34. The standard InChI is InChI=1S/C31H33ClN4O4/c1-35(2)17-5-4-6-27(37)36(3)24-14-12-23(13-15-24)33-30(21-9-7-20(8-10-21)18-28(38)39)29-25-16-11-22(32)19-26(25)34-31(29)40/h7-16,19,29H,4-6,17-18H2,1-3H3,(H,34,40)(H,38,39). The van der Waals surface area contributed by atoms with Crippen molar-refractivity contribution in [1.82, 2.24) is 4.90 Å². The normalized spacial score (nSPS) is 14.7. The van der Waals surface area contributed by atoms with Gasteiger partial charge in [0, 0.05) is 29.9 Å². The Morgan fingerprint density at radius 3 is 2.33 bits per heavy atom. The summed E-state index contributed by atoms with van der Waals surface area (Å²) in [5.74, 6) is -1.76. The van der Waals surface area contributed by atoms with Crippen LogP contribution in [-0.4, -0.2) is 61.2 Å².